The highest BCUT2D eigenvalue weighted by Crippen LogP contribution is 2.41. The number of nitrogens with zero attached hydrogens (tertiary/aromatic N) is 3. The van der Waals surface area contributed by atoms with Crippen LogP contribution in [-0.4, -0.2) is 167 Å². The summed E-state index contributed by atoms with van der Waals surface area (Å²) in [5, 5.41) is 6.96. The first-order valence-corrected chi connectivity index (χ1v) is 25.5. The fourth-order valence-electron chi connectivity index (χ4n) is 8.68. The second kappa shape index (κ2) is 29.4. The molecule has 0 spiro atoms. The maximum Gasteiger partial charge on any atom is 0.366 e. The van der Waals surface area contributed by atoms with Gasteiger partial charge >= 0.3 is 53.7 Å². The molecular formula is C52H55Cl3N4O23. The molecule has 1 amide bonds. The second-order valence-corrected chi connectivity index (χ2v) is 19.3. The van der Waals surface area contributed by atoms with Crippen molar-refractivity contribution in [2.24, 2.45) is 5.11 Å². The summed E-state index contributed by atoms with van der Waals surface area (Å²) in [5.74, 6) is -17.0. The number of esters is 9. The first-order valence-electron chi connectivity index (χ1n) is 24.4. The van der Waals surface area contributed by atoms with E-state index >= 15 is 0 Å². The molecule has 2 aliphatic rings. The maximum absolute atomic E-state index is 14.6. The first kappa shape index (κ1) is 65.2. The topological polar surface area (TPSA) is 351 Å². The number of hydrogen-bond donors (Lipinski definition) is 1. The van der Waals surface area contributed by atoms with E-state index in [4.69, 9.17) is 96.4 Å². The monoisotopic (exact) mass is 1210 g/mol. The molecule has 0 unspecified atom stereocenters. The number of azide groups is 1. The Hall–Kier alpha value is -7.62. The van der Waals surface area contributed by atoms with Gasteiger partial charge in [0.25, 0.3) is 11.6 Å². The number of amides is 1. The minimum absolute atomic E-state index is 0.102. The molecule has 27 nitrogen and oxygen atoms in total. The van der Waals surface area contributed by atoms with Gasteiger partial charge in [0.2, 0.25) is 5.91 Å². The Morgan fingerprint density at radius 3 is 1.51 bits per heavy atom. The standard InChI is InChI=1S/C52H55Cl3N4O23/c1-25(60)57-40-36(75-27(3)62)22-52(50(69)71-7,82-44(40)42(77-29(5)64)38(76-28(4)63)23-73-26(2)61)74-24-39(79-47(66)31-11-17-34(54)18-12-31)43(80-48(67)32-13-19-35(55)20-14-32)45-41(58-59-56)37(21-51(72-8,81-45)49(68)70-6)78-46(65)30-9-15-33(53)16-10-30/h9-20,36-45H,21-24H2,1-8H3,(H,57,60)/t36-,37-,38+,39+,40+,41+,42+,43+,44+,45+,51+,52+/m0/s1. The van der Waals surface area contributed by atoms with Crippen LogP contribution < -0.4 is 5.32 Å². The largest absolute Gasteiger partial charge is 0.465 e. The third-order valence-electron chi connectivity index (χ3n) is 12.2. The van der Waals surface area contributed by atoms with Crippen LogP contribution in [0.1, 0.15) is 78.5 Å². The smallest absolute Gasteiger partial charge is 0.366 e. The third kappa shape index (κ3) is 17.0. The van der Waals surface area contributed by atoms with E-state index in [9.17, 15) is 53.5 Å². The summed E-state index contributed by atoms with van der Waals surface area (Å²) in [7, 11) is 2.79. The lowest BCUT2D eigenvalue weighted by molar-refractivity contribution is -0.324. The minimum atomic E-state index is -3.04. The lowest BCUT2D eigenvalue weighted by Gasteiger charge is -2.49. The zero-order chi connectivity index (χ0) is 60.6. The number of rotatable bonds is 23. The Bertz CT molecular complexity index is 2890. The summed E-state index contributed by atoms with van der Waals surface area (Å²) >= 11 is 18.4. The SMILES string of the molecule is COC(=O)[C@@]1(OC)C[C@H](OC(=O)c2ccc(Cl)cc2)[C@@H](N=[N+]=[N-])[C@H]([C@H](OC(=O)c2ccc(Cl)cc2)[C@@H](CO[C@]2(C(=O)OC)C[C@H](OC(C)=O)[C@@H](NC(C)=O)[C@H]([C@H](OC(C)=O)[C@@H](COC(C)=O)OC(C)=O)O2)OC(=O)c2ccc(Cl)cc2)O1. The summed E-state index contributed by atoms with van der Waals surface area (Å²) < 4.78 is 75.3. The minimum Gasteiger partial charge on any atom is -0.465 e. The van der Waals surface area contributed by atoms with Crippen molar-refractivity contribution in [3.63, 3.8) is 0 Å². The second-order valence-electron chi connectivity index (χ2n) is 17.9. The molecule has 3 aromatic rings. The number of carbonyl (C=O) groups excluding carboxylic acids is 10. The fourth-order valence-corrected chi connectivity index (χ4v) is 9.06. The number of ether oxygens (including phenoxy) is 13. The number of nitrogens with one attached hydrogen (secondary N) is 1. The zero-order valence-electron chi connectivity index (χ0n) is 44.9. The van der Waals surface area contributed by atoms with Gasteiger partial charge in [-0.05, 0) is 78.3 Å². The van der Waals surface area contributed by atoms with Crippen molar-refractivity contribution in [1.82, 2.24) is 5.32 Å². The van der Waals surface area contributed by atoms with Crippen LogP contribution in [0.15, 0.2) is 77.9 Å². The quantitative estimate of drug-likeness (QED) is 0.0422. The average Bonchev–Trinajstić information content (AvgIpc) is 1.65. The summed E-state index contributed by atoms with van der Waals surface area (Å²) in [6, 6.07) is 11.8. The van der Waals surface area contributed by atoms with Crippen LogP contribution in [0, 0.1) is 0 Å². The van der Waals surface area contributed by atoms with Crippen molar-refractivity contribution in [3.05, 3.63) is 115 Å². The molecule has 3 aromatic carbocycles. The molecule has 2 fully saturated rings. The molecule has 30 heteroatoms. The molecule has 0 radical (unpaired) electrons. The lowest BCUT2D eigenvalue weighted by atomic mass is 9.87. The average molecular weight is 1210 g/mol. The highest BCUT2D eigenvalue weighted by atomic mass is 35.5. The van der Waals surface area contributed by atoms with Gasteiger partial charge < -0.3 is 66.9 Å². The number of methoxy groups -OCH3 is 3. The Morgan fingerprint density at radius 1 is 0.585 bits per heavy atom. The molecule has 0 bridgehead atoms. The van der Waals surface area contributed by atoms with E-state index in [-0.39, 0.29) is 31.8 Å². The van der Waals surface area contributed by atoms with Crippen molar-refractivity contribution < 1.29 is 110 Å². The van der Waals surface area contributed by atoms with Crippen molar-refractivity contribution in [2.45, 2.75) is 120 Å². The van der Waals surface area contributed by atoms with Crippen LogP contribution >= 0.6 is 34.8 Å². The van der Waals surface area contributed by atoms with Gasteiger partial charge in [0.05, 0.1) is 56.4 Å². The van der Waals surface area contributed by atoms with Crippen molar-refractivity contribution >= 4 is 94.4 Å². The van der Waals surface area contributed by atoms with Crippen LogP contribution in [0.3, 0.4) is 0 Å². The van der Waals surface area contributed by atoms with Crippen LogP contribution in [0.5, 0.6) is 0 Å². The van der Waals surface area contributed by atoms with E-state index in [1.165, 1.54) is 72.8 Å². The van der Waals surface area contributed by atoms with Crippen molar-refractivity contribution in [1.29, 1.82) is 0 Å². The summed E-state index contributed by atoms with van der Waals surface area (Å²) in [5.41, 5.74) is 9.63. The van der Waals surface area contributed by atoms with Gasteiger partial charge in [0.15, 0.2) is 24.4 Å². The van der Waals surface area contributed by atoms with Gasteiger partial charge in [-0.25, -0.2) is 24.0 Å². The third-order valence-corrected chi connectivity index (χ3v) is 12.9. The molecule has 442 valence electrons. The van der Waals surface area contributed by atoms with Gasteiger partial charge in [-0.15, -0.1) is 0 Å². The van der Waals surface area contributed by atoms with Gasteiger partial charge in [-0.1, -0.05) is 39.9 Å². The fraction of sp³-hybridized carbons (Fsp3) is 0.462. The maximum atomic E-state index is 14.6. The zero-order valence-corrected chi connectivity index (χ0v) is 47.2. The summed E-state index contributed by atoms with van der Waals surface area (Å²) in [6.07, 6.45) is -18.0. The molecule has 0 aromatic heterocycles. The Kier molecular flexibility index (Phi) is 23.4. The van der Waals surface area contributed by atoms with Gasteiger partial charge in [0.1, 0.15) is 37.1 Å². The van der Waals surface area contributed by atoms with Gasteiger partial charge in [0, 0.05) is 61.7 Å². The number of carbonyl (C=O) groups is 10. The van der Waals surface area contributed by atoms with E-state index in [0.717, 1.165) is 55.9 Å². The summed E-state index contributed by atoms with van der Waals surface area (Å²) in [4.78, 5) is 138. The molecule has 82 heavy (non-hydrogen) atoms. The predicted octanol–water partition coefficient (Wildman–Crippen LogP) is 5.14. The van der Waals surface area contributed by atoms with E-state index < -0.39 is 158 Å². The van der Waals surface area contributed by atoms with Crippen LogP contribution in [-0.2, 0) is 95.1 Å². The molecule has 0 saturated carbocycles. The molecule has 12 atom stereocenters. The highest BCUT2D eigenvalue weighted by Gasteiger charge is 2.62. The molecule has 1 N–H and O–H groups in total. The number of benzene rings is 3. The Morgan fingerprint density at radius 2 is 1.05 bits per heavy atom. The normalized spacial score (nSPS) is 23.5. The van der Waals surface area contributed by atoms with Crippen LogP contribution in [0.2, 0.25) is 15.1 Å². The Labute approximate surface area is 482 Å². The van der Waals surface area contributed by atoms with Gasteiger partial charge in [-0.2, -0.15) is 0 Å². The Balaban J connectivity index is 1.82. The van der Waals surface area contributed by atoms with Gasteiger partial charge in [-0.3, -0.25) is 24.0 Å². The lowest BCUT2D eigenvalue weighted by Crippen LogP contribution is -2.69. The van der Waals surface area contributed by atoms with Crippen LogP contribution in [0.4, 0.5) is 0 Å². The molecule has 2 aliphatic heterocycles. The van der Waals surface area contributed by atoms with E-state index in [0.29, 0.717) is 0 Å². The molecule has 2 heterocycles. The van der Waals surface area contributed by atoms with Crippen molar-refractivity contribution in [3.8, 4) is 0 Å². The van der Waals surface area contributed by atoms with E-state index in [2.05, 4.69) is 15.3 Å². The molecular weight excluding hydrogens is 1150 g/mol. The van der Waals surface area contributed by atoms with Crippen LogP contribution in [0.25, 0.3) is 10.4 Å². The molecule has 2 saturated heterocycles. The van der Waals surface area contributed by atoms with Crippen molar-refractivity contribution in [2.75, 3.05) is 34.5 Å². The molecule has 0 aliphatic carbocycles. The number of hydrogen-bond acceptors (Lipinski definition) is 24. The number of halogens is 3. The van der Waals surface area contributed by atoms with E-state index in [1.54, 1.807) is 0 Å². The summed E-state index contributed by atoms with van der Waals surface area (Å²) in [6.45, 7) is 2.70. The predicted molar refractivity (Wildman–Crippen MR) is 277 cm³/mol. The van der Waals surface area contributed by atoms with E-state index in [1.807, 2.05) is 0 Å². The first-order chi connectivity index (χ1) is 38.8. The highest BCUT2D eigenvalue weighted by molar-refractivity contribution is 6.31. The molecule has 5 rings (SSSR count).